The number of halogens is 2. The summed E-state index contributed by atoms with van der Waals surface area (Å²) in [6.07, 6.45) is 3.40. The van der Waals surface area contributed by atoms with Gasteiger partial charge in [-0.3, -0.25) is 4.79 Å². The molecule has 1 aromatic rings. The lowest BCUT2D eigenvalue weighted by molar-refractivity contribution is -0.0265. The Labute approximate surface area is 156 Å². The Balaban J connectivity index is 1.75. The Hall–Kier alpha value is -2.69. The fourth-order valence-electron chi connectivity index (χ4n) is 2.79. The molecule has 1 atom stereocenters. The molecule has 1 saturated heterocycles. The van der Waals surface area contributed by atoms with Crippen molar-refractivity contribution in [2.24, 2.45) is 5.92 Å². The minimum atomic E-state index is -2.72. The van der Waals surface area contributed by atoms with Crippen molar-refractivity contribution in [3.63, 3.8) is 0 Å². The van der Waals surface area contributed by atoms with Gasteiger partial charge < -0.3 is 15.0 Å². The number of hydrogen-bond acceptors (Lipinski definition) is 5. The van der Waals surface area contributed by atoms with E-state index >= 15 is 0 Å². The highest BCUT2D eigenvalue weighted by molar-refractivity contribution is 5.93. The topological polar surface area (TPSA) is 78.2 Å². The molecule has 0 radical (unpaired) electrons. The van der Waals surface area contributed by atoms with Crippen LogP contribution in [0, 0.1) is 17.2 Å². The molecular formula is C19H22F2N4O2. The van der Waals surface area contributed by atoms with Crippen LogP contribution in [0.25, 0.3) is 0 Å². The summed E-state index contributed by atoms with van der Waals surface area (Å²) in [7, 11) is 0. The van der Waals surface area contributed by atoms with Gasteiger partial charge in [0.05, 0.1) is 19.2 Å². The van der Waals surface area contributed by atoms with E-state index in [1.54, 1.807) is 6.07 Å². The van der Waals surface area contributed by atoms with Crippen molar-refractivity contribution in [1.82, 2.24) is 10.3 Å². The van der Waals surface area contributed by atoms with E-state index in [0.717, 1.165) is 12.0 Å². The van der Waals surface area contributed by atoms with Crippen LogP contribution in [0.2, 0.25) is 0 Å². The van der Waals surface area contributed by atoms with Gasteiger partial charge in [-0.2, -0.15) is 5.26 Å². The number of aromatic nitrogens is 1. The first-order valence-electron chi connectivity index (χ1n) is 8.92. The van der Waals surface area contributed by atoms with Crippen LogP contribution >= 0.6 is 0 Å². The Bertz CT molecular complexity index is 793. The highest BCUT2D eigenvalue weighted by Gasteiger charge is 2.45. The van der Waals surface area contributed by atoms with Crippen molar-refractivity contribution in [2.45, 2.75) is 38.7 Å². The molecule has 1 fully saturated rings. The van der Waals surface area contributed by atoms with E-state index in [2.05, 4.69) is 16.4 Å². The second-order valence-electron chi connectivity index (χ2n) is 7.37. The molecule has 2 aliphatic rings. The first-order chi connectivity index (χ1) is 12.8. The van der Waals surface area contributed by atoms with Crippen LogP contribution in [0.1, 0.15) is 37.2 Å². The zero-order valence-electron chi connectivity index (χ0n) is 15.3. The highest BCUT2D eigenvalue weighted by Crippen LogP contribution is 2.37. The SMILES string of the molecule is CC(C)CC(C#N)NC(=O)c1ccc(N2CC(F)(F)C2)c(OCC2=CC2)n1. The number of nitrogens with one attached hydrogen (secondary N) is 1. The van der Waals surface area contributed by atoms with Crippen LogP contribution in [0.15, 0.2) is 23.8 Å². The largest absolute Gasteiger partial charge is 0.472 e. The lowest BCUT2D eigenvalue weighted by Crippen LogP contribution is -2.56. The van der Waals surface area contributed by atoms with Gasteiger partial charge in [-0.25, -0.2) is 13.8 Å². The number of pyridine rings is 1. The van der Waals surface area contributed by atoms with Gasteiger partial charge in [0.25, 0.3) is 11.8 Å². The number of rotatable bonds is 8. The molecule has 6 nitrogen and oxygen atoms in total. The first-order valence-corrected chi connectivity index (χ1v) is 8.92. The fraction of sp³-hybridized carbons (Fsp3) is 0.526. The van der Waals surface area contributed by atoms with Gasteiger partial charge in [0.2, 0.25) is 5.88 Å². The number of alkyl halides is 2. The molecule has 0 spiro atoms. The maximum Gasteiger partial charge on any atom is 0.282 e. The Morgan fingerprint density at radius 3 is 2.70 bits per heavy atom. The molecule has 1 aliphatic heterocycles. The van der Waals surface area contributed by atoms with Crippen molar-refractivity contribution in [1.29, 1.82) is 5.26 Å². The maximum absolute atomic E-state index is 13.2. The summed E-state index contributed by atoms with van der Waals surface area (Å²) in [5, 5.41) is 11.8. The molecule has 27 heavy (non-hydrogen) atoms. The number of nitriles is 1. The lowest BCUT2D eigenvalue weighted by Gasteiger charge is -2.40. The van der Waals surface area contributed by atoms with E-state index < -0.39 is 31.0 Å². The van der Waals surface area contributed by atoms with Gasteiger partial charge in [0.15, 0.2) is 0 Å². The number of anilines is 1. The summed E-state index contributed by atoms with van der Waals surface area (Å²) in [5.74, 6) is -2.80. The second-order valence-corrected chi connectivity index (χ2v) is 7.37. The van der Waals surface area contributed by atoms with E-state index in [0.29, 0.717) is 18.7 Å². The molecule has 1 aromatic heterocycles. The van der Waals surface area contributed by atoms with Crippen LogP contribution in [0.4, 0.5) is 14.5 Å². The number of hydrogen-bond donors (Lipinski definition) is 1. The number of carbonyl (C=O) groups excluding carboxylic acids is 1. The summed E-state index contributed by atoms with van der Waals surface area (Å²) in [4.78, 5) is 18.1. The molecule has 0 bridgehead atoms. The minimum absolute atomic E-state index is 0.0924. The molecule has 1 N–H and O–H groups in total. The fourth-order valence-corrected chi connectivity index (χ4v) is 2.79. The summed E-state index contributed by atoms with van der Waals surface area (Å²) in [6, 6.07) is 4.48. The van der Waals surface area contributed by atoms with Crippen LogP contribution in [-0.4, -0.2) is 42.6 Å². The molecule has 144 valence electrons. The van der Waals surface area contributed by atoms with Crippen LogP contribution < -0.4 is 15.0 Å². The zero-order chi connectivity index (χ0) is 19.6. The molecule has 0 saturated carbocycles. The smallest absolute Gasteiger partial charge is 0.282 e. The van der Waals surface area contributed by atoms with E-state index in [-0.39, 0.29) is 17.5 Å². The molecule has 2 heterocycles. The van der Waals surface area contributed by atoms with Crippen LogP contribution in [0.5, 0.6) is 5.88 Å². The first kappa shape index (κ1) is 19.1. The second kappa shape index (κ2) is 7.51. The highest BCUT2D eigenvalue weighted by atomic mass is 19.3. The third kappa shape index (κ3) is 4.94. The van der Waals surface area contributed by atoms with Gasteiger partial charge >= 0.3 is 0 Å². The summed E-state index contributed by atoms with van der Waals surface area (Å²) in [6.45, 7) is 3.45. The average Bonchev–Trinajstić information content (AvgIpc) is 3.40. The monoisotopic (exact) mass is 376 g/mol. The van der Waals surface area contributed by atoms with E-state index in [1.807, 2.05) is 19.9 Å². The lowest BCUT2D eigenvalue weighted by atomic mass is 10.0. The molecular weight excluding hydrogens is 354 g/mol. The van der Waals surface area contributed by atoms with Gasteiger partial charge in [-0.1, -0.05) is 19.9 Å². The number of amides is 1. The van der Waals surface area contributed by atoms with Gasteiger partial charge in [-0.15, -0.1) is 0 Å². The Kier molecular flexibility index (Phi) is 5.31. The quantitative estimate of drug-likeness (QED) is 0.706. The average molecular weight is 376 g/mol. The maximum atomic E-state index is 13.2. The predicted octanol–water partition coefficient (Wildman–Crippen LogP) is 2.91. The molecule has 0 aromatic carbocycles. The standard InChI is InChI=1S/C19H22F2N4O2/c1-12(2)7-14(8-22)23-17(26)15-5-6-16(25-10-19(20,21)11-25)18(24-15)27-9-13-3-4-13/h3,5-6,12,14H,4,7,9-11H2,1-2H3,(H,23,26). The number of carbonyl (C=O) groups is 1. The molecule has 3 rings (SSSR count). The predicted molar refractivity (Wildman–Crippen MR) is 95.9 cm³/mol. The minimum Gasteiger partial charge on any atom is -0.472 e. The zero-order valence-corrected chi connectivity index (χ0v) is 15.3. The van der Waals surface area contributed by atoms with Gasteiger partial charge in [-0.05, 0) is 36.5 Å². The Morgan fingerprint density at radius 1 is 1.44 bits per heavy atom. The molecule has 1 aliphatic carbocycles. The van der Waals surface area contributed by atoms with E-state index in [9.17, 15) is 18.8 Å². The number of ether oxygens (including phenoxy) is 1. The third-order valence-electron chi connectivity index (χ3n) is 4.31. The third-order valence-corrected chi connectivity index (χ3v) is 4.31. The van der Waals surface area contributed by atoms with E-state index in [1.165, 1.54) is 11.0 Å². The van der Waals surface area contributed by atoms with Crippen molar-refractivity contribution in [3.8, 4) is 11.9 Å². The van der Waals surface area contributed by atoms with Crippen LogP contribution in [0.3, 0.4) is 0 Å². The van der Waals surface area contributed by atoms with Crippen molar-refractivity contribution >= 4 is 11.6 Å². The summed E-state index contributed by atoms with van der Waals surface area (Å²) >= 11 is 0. The van der Waals surface area contributed by atoms with Crippen LogP contribution in [-0.2, 0) is 0 Å². The summed E-state index contributed by atoms with van der Waals surface area (Å²) < 4.78 is 32.1. The van der Waals surface area contributed by atoms with E-state index in [4.69, 9.17) is 4.74 Å². The Morgan fingerprint density at radius 2 is 2.15 bits per heavy atom. The number of allylic oxidation sites excluding steroid dienone is 1. The number of nitrogens with zero attached hydrogens (tertiary/aromatic N) is 3. The normalized spacial score (nSPS) is 18.2. The molecule has 1 amide bonds. The van der Waals surface area contributed by atoms with Crippen molar-refractivity contribution < 1.29 is 18.3 Å². The van der Waals surface area contributed by atoms with Crippen molar-refractivity contribution in [2.75, 3.05) is 24.6 Å². The van der Waals surface area contributed by atoms with Gasteiger partial charge in [0, 0.05) is 0 Å². The molecule has 1 unspecified atom stereocenters. The summed E-state index contributed by atoms with van der Waals surface area (Å²) in [5.41, 5.74) is 1.64. The van der Waals surface area contributed by atoms with Gasteiger partial charge in [0.1, 0.15) is 24.0 Å². The molecule has 8 heteroatoms. The van der Waals surface area contributed by atoms with Crippen molar-refractivity contribution in [3.05, 3.63) is 29.5 Å².